The lowest BCUT2D eigenvalue weighted by atomic mass is 10.00. The van der Waals surface area contributed by atoms with Gasteiger partial charge < -0.3 is 10.8 Å². The van der Waals surface area contributed by atoms with Crippen LogP contribution in [0.4, 0.5) is 5.69 Å². The summed E-state index contributed by atoms with van der Waals surface area (Å²) in [4.78, 5) is 11.0. The topological polar surface area (TPSA) is 63.3 Å². The van der Waals surface area contributed by atoms with Gasteiger partial charge in [-0.2, -0.15) is 0 Å². The zero-order valence-electron chi connectivity index (χ0n) is 9.55. The van der Waals surface area contributed by atoms with E-state index in [9.17, 15) is 4.79 Å². The first kappa shape index (κ1) is 10.6. The third kappa shape index (κ3) is 1.49. The molecule has 0 aliphatic rings. The van der Waals surface area contributed by atoms with E-state index in [-0.39, 0.29) is 5.56 Å². The highest BCUT2D eigenvalue weighted by atomic mass is 16.4. The van der Waals surface area contributed by atoms with Gasteiger partial charge >= 0.3 is 5.97 Å². The molecular formula is C15H11NO2. The summed E-state index contributed by atoms with van der Waals surface area (Å²) in [5.41, 5.74) is 6.41. The second-order valence-electron chi connectivity index (χ2n) is 4.25. The van der Waals surface area contributed by atoms with Crippen molar-refractivity contribution in [3.8, 4) is 0 Å². The van der Waals surface area contributed by atoms with E-state index in [4.69, 9.17) is 10.8 Å². The van der Waals surface area contributed by atoms with Gasteiger partial charge in [-0.05, 0) is 34.4 Å². The van der Waals surface area contributed by atoms with Crippen LogP contribution in [0, 0.1) is 0 Å². The minimum atomic E-state index is -0.998. The molecule has 3 rings (SSSR count). The van der Waals surface area contributed by atoms with E-state index in [2.05, 4.69) is 0 Å². The number of benzene rings is 3. The molecule has 3 heteroatoms. The Balaban J connectivity index is 2.44. The van der Waals surface area contributed by atoms with Crippen LogP contribution >= 0.6 is 0 Å². The fourth-order valence-corrected chi connectivity index (χ4v) is 2.22. The Hall–Kier alpha value is -2.55. The van der Waals surface area contributed by atoms with Gasteiger partial charge in [0.2, 0.25) is 0 Å². The molecule has 0 amide bonds. The molecule has 0 radical (unpaired) electrons. The van der Waals surface area contributed by atoms with Gasteiger partial charge in [-0.3, -0.25) is 0 Å². The molecule has 0 saturated heterocycles. The number of hydrogen-bond acceptors (Lipinski definition) is 2. The fraction of sp³-hybridized carbons (Fsp3) is 0. The van der Waals surface area contributed by atoms with E-state index in [0.29, 0.717) is 5.69 Å². The Bertz CT molecular complexity index is 778. The standard InChI is InChI=1S/C15H11NO2/c16-14-12(15(17)18)6-5-11-7-9-3-1-2-4-10(9)8-13(11)14/h1-8H,16H2,(H,17,18). The molecular weight excluding hydrogens is 226 g/mol. The maximum Gasteiger partial charge on any atom is 0.337 e. The number of nitrogens with two attached hydrogens (primary N) is 1. The quantitative estimate of drug-likeness (QED) is 0.504. The van der Waals surface area contributed by atoms with Gasteiger partial charge in [-0.15, -0.1) is 0 Å². The average molecular weight is 237 g/mol. The molecule has 3 aromatic rings. The van der Waals surface area contributed by atoms with Gasteiger partial charge in [0.1, 0.15) is 0 Å². The minimum Gasteiger partial charge on any atom is -0.478 e. The number of hydrogen-bond donors (Lipinski definition) is 2. The predicted octanol–water partition coefficient (Wildman–Crippen LogP) is 3.27. The molecule has 0 aliphatic heterocycles. The first-order chi connectivity index (χ1) is 8.66. The van der Waals surface area contributed by atoms with Crippen LogP contribution in [0.25, 0.3) is 21.5 Å². The van der Waals surface area contributed by atoms with Crippen molar-refractivity contribution in [3.63, 3.8) is 0 Å². The molecule has 0 fully saturated rings. The molecule has 18 heavy (non-hydrogen) atoms. The number of anilines is 1. The molecule has 0 heterocycles. The maximum absolute atomic E-state index is 11.0. The first-order valence-electron chi connectivity index (χ1n) is 5.61. The van der Waals surface area contributed by atoms with Crippen LogP contribution in [0.5, 0.6) is 0 Å². The lowest BCUT2D eigenvalue weighted by molar-refractivity contribution is 0.0698. The zero-order chi connectivity index (χ0) is 12.7. The SMILES string of the molecule is Nc1c(C(=O)O)ccc2cc3ccccc3cc12. The normalized spacial score (nSPS) is 10.9. The van der Waals surface area contributed by atoms with Gasteiger partial charge in [0.25, 0.3) is 0 Å². The number of nitrogen functional groups attached to an aromatic ring is 1. The molecule has 0 atom stereocenters. The third-order valence-electron chi connectivity index (χ3n) is 3.16. The summed E-state index contributed by atoms with van der Waals surface area (Å²) in [5, 5.41) is 13.0. The predicted molar refractivity (Wildman–Crippen MR) is 72.8 cm³/mol. The Kier molecular flexibility index (Phi) is 2.20. The highest BCUT2D eigenvalue weighted by Gasteiger charge is 2.11. The van der Waals surface area contributed by atoms with Crippen LogP contribution in [0.3, 0.4) is 0 Å². The van der Waals surface area contributed by atoms with E-state index < -0.39 is 5.97 Å². The van der Waals surface area contributed by atoms with Crippen molar-refractivity contribution < 1.29 is 9.90 Å². The summed E-state index contributed by atoms with van der Waals surface area (Å²) < 4.78 is 0. The number of carbonyl (C=O) groups is 1. The third-order valence-corrected chi connectivity index (χ3v) is 3.16. The molecule has 3 nitrogen and oxygen atoms in total. The summed E-state index contributed by atoms with van der Waals surface area (Å²) >= 11 is 0. The molecule has 0 aliphatic carbocycles. The number of fused-ring (bicyclic) bond motifs is 2. The van der Waals surface area contributed by atoms with Crippen molar-refractivity contribution in [2.45, 2.75) is 0 Å². The van der Waals surface area contributed by atoms with Crippen molar-refractivity contribution >= 4 is 33.2 Å². The minimum absolute atomic E-state index is 0.151. The van der Waals surface area contributed by atoms with Gasteiger partial charge in [0.05, 0.1) is 11.3 Å². The Morgan fingerprint density at radius 1 is 0.944 bits per heavy atom. The Morgan fingerprint density at radius 2 is 1.61 bits per heavy atom. The molecule has 3 N–H and O–H groups in total. The fourth-order valence-electron chi connectivity index (χ4n) is 2.22. The van der Waals surface area contributed by atoms with Gasteiger partial charge in [0, 0.05) is 5.39 Å². The monoisotopic (exact) mass is 237 g/mol. The average Bonchev–Trinajstić information content (AvgIpc) is 2.37. The Labute approximate surface area is 103 Å². The molecule has 0 spiro atoms. The smallest absolute Gasteiger partial charge is 0.337 e. The van der Waals surface area contributed by atoms with Crippen LogP contribution < -0.4 is 5.73 Å². The molecule has 0 saturated carbocycles. The number of aromatic carboxylic acids is 1. The maximum atomic E-state index is 11.0. The van der Waals surface area contributed by atoms with Gasteiger partial charge in [0.15, 0.2) is 0 Å². The zero-order valence-corrected chi connectivity index (χ0v) is 9.55. The molecule has 88 valence electrons. The summed E-state index contributed by atoms with van der Waals surface area (Å²) in [6, 6.07) is 15.2. The number of carboxylic acids is 1. The number of rotatable bonds is 1. The van der Waals surface area contributed by atoms with Crippen molar-refractivity contribution in [3.05, 3.63) is 54.1 Å². The second kappa shape index (κ2) is 3.74. The van der Waals surface area contributed by atoms with Crippen LogP contribution in [0.1, 0.15) is 10.4 Å². The summed E-state index contributed by atoms with van der Waals surface area (Å²) in [5.74, 6) is -0.998. The van der Waals surface area contributed by atoms with Crippen molar-refractivity contribution in [2.75, 3.05) is 5.73 Å². The molecule has 3 aromatic carbocycles. The highest BCUT2D eigenvalue weighted by Crippen LogP contribution is 2.29. The van der Waals surface area contributed by atoms with Crippen molar-refractivity contribution in [1.82, 2.24) is 0 Å². The summed E-state index contributed by atoms with van der Waals surface area (Å²) in [6.07, 6.45) is 0. The first-order valence-corrected chi connectivity index (χ1v) is 5.61. The molecule has 0 aromatic heterocycles. The van der Waals surface area contributed by atoms with Crippen LogP contribution in [-0.2, 0) is 0 Å². The lowest BCUT2D eigenvalue weighted by Crippen LogP contribution is -2.02. The van der Waals surface area contributed by atoms with E-state index in [1.165, 1.54) is 0 Å². The van der Waals surface area contributed by atoms with E-state index in [1.807, 2.05) is 36.4 Å². The number of carboxylic acid groups (broad SMARTS) is 1. The van der Waals surface area contributed by atoms with Crippen LogP contribution in [-0.4, -0.2) is 11.1 Å². The molecule has 0 unspecified atom stereocenters. The van der Waals surface area contributed by atoms with E-state index in [0.717, 1.165) is 21.5 Å². The second-order valence-corrected chi connectivity index (χ2v) is 4.25. The molecule has 0 bridgehead atoms. The van der Waals surface area contributed by atoms with E-state index >= 15 is 0 Å². The summed E-state index contributed by atoms with van der Waals surface area (Å²) in [6.45, 7) is 0. The van der Waals surface area contributed by atoms with Gasteiger partial charge in [-0.25, -0.2) is 4.79 Å². The van der Waals surface area contributed by atoms with E-state index in [1.54, 1.807) is 12.1 Å². The lowest BCUT2D eigenvalue weighted by Gasteiger charge is -2.07. The van der Waals surface area contributed by atoms with Crippen molar-refractivity contribution in [2.24, 2.45) is 0 Å². The van der Waals surface area contributed by atoms with Crippen LogP contribution in [0.15, 0.2) is 48.5 Å². The Morgan fingerprint density at radius 3 is 2.28 bits per heavy atom. The summed E-state index contributed by atoms with van der Waals surface area (Å²) in [7, 11) is 0. The highest BCUT2D eigenvalue weighted by molar-refractivity contribution is 6.09. The van der Waals surface area contributed by atoms with Gasteiger partial charge in [-0.1, -0.05) is 30.3 Å². The van der Waals surface area contributed by atoms with Crippen LogP contribution in [0.2, 0.25) is 0 Å². The largest absolute Gasteiger partial charge is 0.478 e. The van der Waals surface area contributed by atoms with Crippen molar-refractivity contribution in [1.29, 1.82) is 0 Å².